The Labute approximate surface area is 113 Å². The fourth-order valence-corrected chi connectivity index (χ4v) is 1.98. The van der Waals surface area contributed by atoms with Gasteiger partial charge in [-0.1, -0.05) is 26.0 Å². The molecule has 0 atom stereocenters. The number of carbonyl (C=O) groups excluding carboxylic acids is 1. The van der Waals surface area contributed by atoms with Crippen molar-refractivity contribution in [2.24, 2.45) is 5.92 Å². The molecule has 1 fully saturated rings. The Hall–Kier alpha value is -1.58. The number of hydrogen-bond donors (Lipinski definition) is 1. The Morgan fingerprint density at radius 3 is 2.68 bits per heavy atom. The minimum Gasteiger partial charge on any atom is -0.322 e. The van der Waals surface area contributed by atoms with Gasteiger partial charge < -0.3 is 10.2 Å². The minimum absolute atomic E-state index is 0.187. The van der Waals surface area contributed by atoms with Crippen LogP contribution in [0.3, 0.4) is 0 Å². The van der Waals surface area contributed by atoms with E-state index in [0.717, 1.165) is 25.8 Å². The topological polar surface area (TPSA) is 32.3 Å². The summed E-state index contributed by atoms with van der Waals surface area (Å²) in [6.45, 7) is 5.02. The van der Waals surface area contributed by atoms with E-state index in [9.17, 15) is 9.18 Å². The second-order valence-corrected chi connectivity index (χ2v) is 5.52. The number of urea groups is 1. The highest BCUT2D eigenvalue weighted by Crippen LogP contribution is 2.28. The van der Waals surface area contributed by atoms with E-state index in [-0.39, 0.29) is 11.7 Å². The summed E-state index contributed by atoms with van der Waals surface area (Å²) in [5, 5.41) is 2.67. The van der Waals surface area contributed by atoms with Crippen molar-refractivity contribution in [1.29, 1.82) is 0 Å². The van der Waals surface area contributed by atoms with Crippen molar-refractivity contribution in [3.8, 4) is 0 Å². The van der Waals surface area contributed by atoms with Gasteiger partial charge in [0.15, 0.2) is 0 Å². The predicted molar refractivity (Wildman–Crippen MR) is 74.6 cm³/mol. The van der Waals surface area contributed by atoms with E-state index in [1.807, 2.05) is 4.90 Å². The third-order valence-electron chi connectivity index (χ3n) is 3.31. The summed E-state index contributed by atoms with van der Waals surface area (Å²) in [6, 6.07) is 6.42. The zero-order valence-corrected chi connectivity index (χ0v) is 11.5. The molecule has 0 heterocycles. The average Bonchev–Trinajstić information content (AvgIpc) is 3.16. The molecule has 1 aromatic rings. The largest absolute Gasteiger partial charge is 0.322 e. The van der Waals surface area contributed by atoms with Gasteiger partial charge in [0, 0.05) is 12.6 Å². The summed E-state index contributed by atoms with van der Waals surface area (Å²) in [7, 11) is 0. The molecule has 2 rings (SSSR count). The number of benzene rings is 1. The number of rotatable bonds is 5. The van der Waals surface area contributed by atoms with Gasteiger partial charge in [-0.3, -0.25) is 0 Å². The molecule has 1 aliphatic carbocycles. The van der Waals surface area contributed by atoms with Crippen LogP contribution in [0.5, 0.6) is 0 Å². The van der Waals surface area contributed by atoms with Crippen molar-refractivity contribution < 1.29 is 9.18 Å². The molecular weight excluding hydrogens is 243 g/mol. The molecule has 4 heteroatoms. The normalized spacial score (nSPS) is 14.5. The lowest BCUT2D eigenvalue weighted by Crippen LogP contribution is -2.38. The summed E-state index contributed by atoms with van der Waals surface area (Å²) in [4.78, 5) is 14.0. The molecule has 0 spiro atoms. The SMILES string of the molecule is CC(C)CCN(C(=O)Nc1ccccc1F)C1CC1. The number of anilines is 1. The van der Waals surface area contributed by atoms with Crippen LogP contribution in [0.1, 0.15) is 33.1 Å². The molecule has 19 heavy (non-hydrogen) atoms. The first-order valence-corrected chi connectivity index (χ1v) is 6.90. The molecule has 0 aliphatic heterocycles. The van der Waals surface area contributed by atoms with Gasteiger partial charge in [0.2, 0.25) is 0 Å². The Morgan fingerprint density at radius 1 is 1.42 bits per heavy atom. The summed E-state index contributed by atoms with van der Waals surface area (Å²) < 4.78 is 13.5. The lowest BCUT2D eigenvalue weighted by Gasteiger charge is -2.23. The molecule has 0 saturated heterocycles. The molecule has 1 aromatic carbocycles. The molecule has 2 amide bonds. The van der Waals surface area contributed by atoms with E-state index in [2.05, 4.69) is 19.2 Å². The maximum atomic E-state index is 13.5. The Kier molecular flexibility index (Phi) is 4.40. The Bertz CT molecular complexity index is 444. The van der Waals surface area contributed by atoms with E-state index in [1.54, 1.807) is 18.2 Å². The smallest absolute Gasteiger partial charge is 0.322 e. The van der Waals surface area contributed by atoms with E-state index >= 15 is 0 Å². The monoisotopic (exact) mass is 264 g/mol. The lowest BCUT2D eigenvalue weighted by molar-refractivity contribution is 0.205. The number of halogens is 1. The quantitative estimate of drug-likeness (QED) is 0.860. The fourth-order valence-electron chi connectivity index (χ4n) is 1.98. The van der Waals surface area contributed by atoms with Gasteiger partial charge in [-0.15, -0.1) is 0 Å². The van der Waals surface area contributed by atoms with Crippen molar-refractivity contribution in [3.63, 3.8) is 0 Å². The summed E-state index contributed by atoms with van der Waals surface area (Å²) in [6.07, 6.45) is 3.09. The summed E-state index contributed by atoms with van der Waals surface area (Å²) in [5.41, 5.74) is 0.252. The molecule has 1 aliphatic rings. The number of para-hydroxylation sites is 1. The maximum Gasteiger partial charge on any atom is 0.322 e. The molecule has 0 bridgehead atoms. The van der Waals surface area contributed by atoms with Crippen molar-refractivity contribution in [3.05, 3.63) is 30.1 Å². The highest BCUT2D eigenvalue weighted by atomic mass is 19.1. The van der Waals surface area contributed by atoms with Crippen LogP contribution < -0.4 is 5.32 Å². The maximum absolute atomic E-state index is 13.5. The number of nitrogens with zero attached hydrogens (tertiary/aromatic N) is 1. The van der Waals surface area contributed by atoms with Crippen LogP contribution in [-0.4, -0.2) is 23.5 Å². The number of hydrogen-bond acceptors (Lipinski definition) is 1. The first kappa shape index (κ1) is 13.8. The number of nitrogens with one attached hydrogen (secondary N) is 1. The van der Waals surface area contributed by atoms with Gasteiger partial charge in [-0.05, 0) is 37.3 Å². The molecule has 1 saturated carbocycles. The van der Waals surface area contributed by atoms with Crippen LogP contribution in [0.4, 0.5) is 14.9 Å². The van der Waals surface area contributed by atoms with Crippen LogP contribution in [0.2, 0.25) is 0 Å². The number of amides is 2. The van der Waals surface area contributed by atoms with E-state index in [0.29, 0.717) is 12.0 Å². The highest BCUT2D eigenvalue weighted by molar-refractivity contribution is 5.89. The first-order valence-electron chi connectivity index (χ1n) is 6.90. The molecule has 0 radical (unpaired) electrons. The van der Waals surface area contributed by atoms with E-state index in [1.165, 1.54) is 6.07 Å². The second-order valence-electron chi connectivity index (χ2n) is 5.52. The van der Waals surface area contributed by atoms with Gasteiger partial charge in [-0.2, -0.15) is 0 Å². The molecule has 0 aromatic heterocycles. The summed E-state index contributed by atoms with van der Waals surface area (Å²) >= 11 is 0. The van der Waals surface area contributed by atoms with Gasteiger partial charge in [0.1, 0.15) is 5.82 Å². The first-order chi connectivity index (χ1) is 9.08. The van der Waals surface area contributed by atoms with Gasteiger partial charge >= 0.3 is 6.03 Å². The van der Waals surface area contributed by atoms with Crippen LogP contribution in [0.15, 0.2) is 24.3 Å². The number of carbonyl (C=O) groups is 1. The van der Waals surface area contributed by atoms with Crippen molar-refractivity contribution >= 4 is 11.7 Å². The van der Waals surface area contributed by atoms with Gasteiger partial charge in [0.05, 0.1) is 5.69 Å². The van der Waals surface area contributed by atoms with Crippen molar-refractivity contribution in [2.45, 2.75) is 39.2 Å². The fraction of sp³-hybridized carbons (Fsp3) is 0.533. The summed E-state index contributed by atoms with van der Waals surface area (Å²) in [5.74, 6) is 0.165. The predicted octanol–water partition coefficient (Wildman–Crippen LogP) is 3.87. The molecule has 0 unspecified atom stereocenters. The standard InChI is InChI=1S/C15H21FN2O/c1-11(2)9-10-18(12-7-8-12)15(19)17-14-6-4-3-5-13(14)16/h3-6,11-12H,7-10H2,1-2H3,(H,17,19). The molecule has 3 nitrogen and oxygen atoms in total. The Morgan fingerprint density at radius 2 is 2.11 bits per heavy atom. The van der Waals surface area contributed by atoms with E-state index < -0.39 is 5.82 Å². The Balaban J connectivity index is 1.98. The highest BCUT2D eigenvalue weighted by Gasteiger charge is 2.32. The zero-order chi connectivity index (χ0) is 13.8. The molecule has 1 N–H and O–H groups in total. The third kappa shape index (κ3) is 3.94. The van der Waals surface area contributed by atoms with Crippen molar-refractivity contribution in [1.82, 2.24) is 4.90 Å². The average molecular weight is 264 g/mol. The third-order valence-corrected chi connectivity index (χ3v) is 3.31. The second kappa shape index (κ2) is 6.04. The lowest BCUT2D eigenvalue weighted by atomic mass is 10.1. The van der Waals surface area contributed by atoms with E-state index in [4.69, 9.17) is 0 Å². The van der Waals surface area contributed by atoms with Crippen LogP contribution >= 0.6 is 0 Å². The van der Waals surface area contributed by atoms with Gasteiger partial charge in [0.25, 0.3) is 0 Å². The molecular formula is C15H21FN2O. The van der Waals surface area contributed by atoms with Crippen molar-refractivity contribution in [2.75, 3.05) is 11.9 Å². The van der Waals surface area contributed by atoms with Crippen LogP contribution in [-0.2, 0) is 0 Å². The minimum atomic E-state index is -0.393. The van der Waals surface area contributed by atoms with Crippen LogP contribution in [0, 0.1) is 11.7 Å². The van der Waals surface area contributed by atoms with Crippen LogP contribution in [0.25, 0.3) is 0 Å². The van der Waals surface area contributed by atoms with Gasteiger partial charge in [-0.25, -0.2) is 9.18 Å². The zero-order valence-electron chi connectivity index (χ0n) is 11.5. The molecule has 104 valence electrons.